The fourth-order valence-corrected chi connectivity index (χ4v) is 2.61. The van der Waals surface area contributed by atoms with Gasteiger partial charge >= 0.3 is 0 Å². The van der Waals surface area contributed by atoms with Crippen LogP contribution in [0.15, 0.2) is 12.3 Å². The van der Waals surface area contributed by atoms with Crippen LogP contribution in [0.25, 0.3) is 0 Å². The highest BCUT2D eigenvalue weighted by atomic mass is 32.2. The van der Waals surface area contributed by atoms with Crippen molar-refractivity contribution in [3.05, 3.63) is 23.6 Å². The summed E-state index contributed by atoms with van der Waals surface area (Å²) in [7, 11) is 0. The number of thioether (sulfide) groups is 1. The fraction of sp³-hybridized carbons (Fsp3) is 0.545. The van der Waals surface area contributed by atoms with E-state index in [0.29, 0.717) is 11.4 Å². The van der Waals surface area contributed by atoms with E-state index in [1.54, 1.807) is 13.0 Å². The number of ether oxygens (including phenoxy) is 1. The molecule has 0 amide bonds. The van der Waals surface area contributed by atoms with Gasteiger partial charge in [-0.3, -0.25) is 0 Å². The Morgan fingerprint density at radius 3 is 2.87 bits per heavy atom. The van der Waals surface area contributed by atoms with Gasteiger partial charge in [0.2, 0.25) is 5.88 Å². The Hall–Kier alpha value is -0.770. The Balaban J connectivity index is 2.00. The lowest BCUT2D eigenvalue weighted by molar-refractivity contribution is 0.184. The largest absolute Gasteiger partial charge is 0.474 e. The summed E-state index contributed by atoms with van der Waals surface area (Å²) in [5.41, 5.74) is 0.588. The number of hydrogen-bond donors (Lipinski definition) is 0. The molecule has 15 heavy (non-hydrogen) atoms. The standard InChI is InChI=1S/C11H14FNOS/c1-8-6-11(13-7-10(8)12)14-9-2-4-15-5-3-9/h6-7,9H,2-5H2,1H3. The lowest BCUT2D eigenvalue weighted by Gasteiger charge is -2.22. The minimum absolute atomic E-state index is 0.253. The highest BCUT2D eigenvalue weighted by Gasteiger charge is 2.15. The van der Waals surface area contributed by atoms with Gasteiger partial charge in [0.15, 0.2) is 0 Å². The Kier molecular flexibility index (Phi) is 3.46. The highest BCUT2D eigenvalue weighted by Crippen LogP contribution is 2.22. The van der Waals surface area contributed by atoms with Crippen LogP contribution in [0.2, 0.25) is 0 Å². The predicted molar refractivity (Wildman–Crippen MR) is 59.9 cm³/mol. The van der Waals surface area contributed by atoms with Crippen molar-refractivity contribution in [3.8, 4) is 5.88 Å². The molecule has 4 heteroatoms. The van der Waals surface area contributed by atoms with Gasteiger partial charge in [-0.2, -0.15) is 11.8 Å². The molecule has 2 nitrogen and oxygen atoms in total. The lowest BCUT2D eigenvalue weighted by atomic mass is 10.2. The molecule has 1 fully saturated rings. The predicted octanol–water partition coefficient (Wildman–Crippen LogP) is 2.80. The zero-order valence-corrected chi connectivity index (χ0v) is 9.52. The maximum atomic E-state index is 13.0. The van der Waals surface area contributed by atoms with Gasteiger partial charge in [0.1, 0.15) is 11.9 Å². The molecule has 0 N–H and O–H groups in total. The molecule has 0 saturated carbocycles. The summed E-state index contributed by atoms with van der Waals surface area (Å²) in [5.74, 6) is 2.56. The Labute approximate surface area is 93.2 Å². The van der Waals surface area contributed by atoms with Gasteiger partial charge in [-0.05, 0) is 36.8 Å². The molecule has 0 aromatic carbocycles. The first-order valence-electron chi connectivity index (χ1n) is 5.12. The topological polar surface area (TPSA) is 22.1 Å². The average Bonchev–Trinajstić information content (AvgIpc) is 2.25. The minimum Gasteiger partial charge on any atom is -0.474 e. The molecule has 0 atom stereocenters. The molecular formula is C11H14FNOS. The number of halogens is 1. The SMILES string of the molecule is Cc1cc(OC2CCSCC2)ncc1F. The van der Waals surface area contributed by atoms with Crippen LogP contribution in [0.4, 0.5) is 4.39 Å². The van der Waals surface area contributed by atoms with Crippen LogP contribution in [0, 0.1) is 12.7 Å². The van der Waals surface area contributed by atoms with Crippen molar-refractivity contribution in [1.29, 1.82) is 0 Å². The number of aryl methyl sites for hydroxylation is 1. The Bertz CT molecular complexity index is 339. The van der Waals surface area contributed by atoms with E-state index in [2.05, 4.69) is 4.98 Å². The van der Waals surface area contributed by atoms with E-state index in [0.717, 1.165) is 24.3 Å². The fourth-order valence-electron chi connectivity index (χ4n) is 1.54. The van der Waals surface area contributed by atoms with Gasteiger partial charge in [-0.25, -0.2) is 9.37 Å². The summed E-state index contributed by atoms with van der Waals surface area (Å²) in [4.78, 5) is 3.93. The molecule has 0 spiro atoms. The molecule has 1 aliphatic heterocycles. The number of pyridine rings is 1. The summed E-state index contributed by atoms with van der Waals surface area (Å²) in [6.07, 6.45) is 3.59. The summed E-state index contributed by atoms with van der Waals surface area (Å²) in [5, 5.41) is 0. The molecule has 1 aliphatic rings. The van der Waals surface area contributed by atoms with Gasteiger partial charge in [-0.15, -0.1) is 0 Å². The molecule has 2 rings (SSSR count). The molecule has 82 valence electrons. The van der Waals surface area contributed by atoms with Gasteiger partial charge in [-0.1, -0.05) is 0 Å². The molecule has 0 unspecified atom stereocenters. The van der Waals surface area contributed by atoms with Crippen molar-refractivity contribution in [2.24, 2.45) is 0 Å². The second-order valence-corrected chi connectivity index (χ2v) is 4.93. The van der Waals surface area contributed by atoms with Crippen LogP contribution in [-0.2, 0) is 0 Å². The Morgan fingerprint density at radius 2 is 2.20 bits per heavy atom. The minimum atomic E-state index is -0.276. The number of rotatable bonds is 2. The summed E-state index contributed by atoms with van der Waals surface area (Å²) < 4.78 is 18.7. The maximum absolute atomic E-state index is 13.0. The van der Waals surface area contributed by atoms with Gasteiger partial charge in [0, 0.05) is 6.07 Å². The van der Waals surface area contributed by atoms with E-state index in [1.807, 2.05) is 11.8 Å². The lowest BCUT2D eigenvalue weighted by Crippen LogP contribution is -2.22. The monoisotopic (exact) mass is 227 g/mol. The van der Waals surface area contributed by atoms with Crippen LogP contribution < -0.4 is 4.74 Å². The molecule has 0 radical (unpaired) electrons. The third-order valence-corrected chi connectivity index (χ3v) is 3.53. The maximum Gasteiger partial charge on any atom is 0.213 e. The Morgan fingerprint density at radius 1 is 1.47 bits per heavy atom. The van der Waals surface area contributed by atoms with E-state index >= 15 is 0 Å². The zero-order chi connectivity index (χ0) is 10.7. The van der Waals surface area contributed by atoms with Gasteiger partial charge in [0.05, 0.1) is 6.20 Å². The van der Waals surface area contributed by atoms with E-state index in [9.17, 15) is 4.39 Å². The molecule has 1 saturated heterocycles. The first-order valence-corrected chi connectivity index (χ1v) is 6.28. The van der Waals surface area contributed by atoms with Gasteiger partial charge < -0.3 is 4.74 Å². The normalized spacial score (nSPS) is 17.7. The summed E-state index contributed by atoms with van der Waals surface area (Å²) in [6, 6.07) is 1.66. The first kappa shape index (κ1) is 10.7. The van der Waals surface area contributed by atoms with E-state index < -0.39 is 0 Å². The number of nitrogens with zero attached hydrogens (tertiary/aromatic N) is 1. The van der Waals surface area contributed by atoms with Crippen molar-refractivity contribution in [3.63, 3.8) is 0 Å². The highest BCUT2D eigenvalue weighted by molar-refractivity contribution is 7.99. The molecule has 2 heterocycles. The zero-order valence-electron chi connectivity index (χ0n) is 8.70. The third-order valence-electron chi connectivity index (χ3n) is 2.48. The number of hydrogen-bond acceptors (Lipinski definition) is 3. The molecule has 1 aromatic rings. The van der Waals surface area contributed by atoms with Crippen LogP contribution in [0.1, 0.15) is 18.4 Å². The first-order chi connectivity index (χ1) is 7.25. The second kappa shape index (κ2) is 4.84. The van der Waals surface area contributed by atoms with Crippen LogP contribution in [0.5, 0.6) is 5.88 Å². The molecule has 0 aliphatic carbocycles. The molecule has 1 aromatic heterocycles. The molecule has 0 bridgehead atoms. The van der Waals surface area contributed by atoms with Crippen molar-refractivity contribution < 1.29 is 9.13 Å². The van der Waals surface area contributed by atoms with Gasteiger partial charge in [0.25, 0.3) is 0 Å². The van der Waals surface area contributed by atoms with Crippen molar-refractivity contribution in [2.75, 3.05) is 11.5 Å². The smallest absolute Gasteiger partial charge is 0.213 e. The van der Waals surface area contributed by atoms with E-state index in [1.165, 1.54) is 6.20 Å². The molecular weight excluding hydrogens is 213 g/mol. The number of aromatic nitrogens is 1. The van der Waals surface area contributed by atoms with E-state index in [-0.39, 0.29) is 11.9 Å². The van der Waals surface area contributed by atoms with Crippen molar-refractivity contribution in [2.45, 2.75) is 25.9 Å². The van der Waals surface area contributed by atoms with Crippen molar-refractivity contribution >= 4 is 11.8 Å². The van der Waals surface area contributed by atoms with Crippen LogP contribution >= 0.6 is 11.8 Å². The van der Waals surface area contributed by atoms with E-state index in [4.69, 9.17) is 4.74 Å². The quantitative estimate of drug-likeness (QED) is 0.775. The third kappa shape index (κ3) is 2.84. The summed E-state index contributed by atoms with van der Waals surface area (Å²) in [6.45, 7) is 1.72. The van der Waals surface area contributed by atoms with Crippen LogP contribution in [-0.4, -0.2) is 22.6 Å². The van der Waals surface area contributed by atoms with Crippen molar-refractivity contribution in [1.82, 2.24) is 4.98 Å². The average molecular weight is 227 g/mol. The second-order valence-electron chi connectivity index (χ2n) is 3.70. The summed E-state index contributed by atoms with van der Waals surface area (Å²) >= 11 is 1.95. The van der Waals surface area contributed by atoms with Crippen LogP contribution in [0.3, 0.4) is 0 Å².